The molecule has 0 atom stereocenters. The van der Waals surface area contributed by atoms with Crippen LogP contribution >= 0.6 is 0 Å². The Bertz CT molecular complexity index is 1410. The third-order valence-corrected chi connectivity index (χ3v) is 6.96. The molecule has 3 aromatic carbocycles. The van der Waals surface area contributed by atoms with Crippen LogP contribution in [0, 0.1) is 5.82 Å². The number of anilines is 1. The summed E-state index contributed by atoms with van der Waals surface area (Å²) in [5, 5.41) is 0.810. The molecule has 0 radical (unpaired) electrons. The summed E-state index contributed by atoms with van der Waals surface area (Å²) in [4.78, 5) is 26.8. The number of fused-ring (bicyclic) bond motifs is 1. The summed E-state index contributed by atoms with van der Waals surface area (Å²) in [6, 6.07) is 22.0. The van der Waals surface area contributed by atoms with Gasteiger partial charge in [0.05, 0.1) is 16.9 Å². The normalized spacial score (nSPS) is 11.1. The molecule has 0 fully saturated rings. The highest BCUT2D eigenvalue weighted by atomic mass is 19.1. The summed E-state index contributed by atoms with van der Waals surface area (Å²) in [6.07, 6.45) is 6.65. The van der Waals surface area contributed by atoms with Crippen molar-refractivity contribution in [3.63, 3.8) is 0 Å². The third-order valence-electron chi connectivity index (χ3n) is 6.96. The number of rotatable bonds is 12. The van der Waals surface area contributed by atoms with Crippen LogP contribution in [0.1, 0.15) is 64.9 Å². The van der Waals surface area contributed by atoms with Gasteiger partial charge >= 0.3 is 5.97 Å². The van der Waals surface area contributed by atoms with Crippen molar-refractivity contribution in [3.8, 4) is 17.0 Å². The van der Waals surface area contributed by atoms with E-state index in [9.17, 15) is 14.0 Å². The van der Waals surface area contributed by atoms with Crippen LogP contribution in [0.5, 0.6) is 5.75 Å². The molecule has 0 aliphatic rings. The smallest absolute Gasteiger partial charge is 0.308 e. The number of amides is 1. The van der Waals surface area contributed by atoms with E-state index in [1.165, 1.54) is 38.3 Å². The first-order valence-electron chi connectivity index (χ1n) is 13.8. The highest BCUT2D eigenvalue weighted by Gasteiger charge is 2.26. The Kier molecular flexibility index (Phi) is 9.53. The van der Waals surface area contributed by atoms with E-state index in [0.29, 0.717) is 18.8 Å². The highest BCUT2D eigenvalue weighted by Crippen LogP contribution is 2.43. The van der Waals surface area contributed by atoms with Gasteiger partial charge in [0.2, 0.25) is 5.91 Å². The topological polar surface area (TPSA) is 51.5 Å². The fraction of sp³-hybridized carbons (Fsp3) is 0.333. The first-order valence-corrected chi connectivity index (χ1v) is 13.8. The van der Waals surface area contributed by atoms with Gasteiger partial charge in [-0.15, -0.1) is 0 Å². The van der Waals surface area contributed by atoms with Gasteiger partial charge in [0.15, 0.2) is 0 Å². The number of benzene rings is 3. The zero-order valence-electron chi connectivity index (χ0n) is 23.1. The number of carbonyl (C=O) groups excluding carboxylic acids is 2. The Balaban J connectivity index is 1.90. The van der Waals surface area contributed by atoms with Gasteiger partial charge in [0, 0.05) is 37.9 Å². The monoisotopic (exact) mass is 528 g/mol. The van der Waals surface area contributed by atoms with E-state index in [1.54, 1.807) is 25.1 Å². The highest BCUT2D eigenvalue weighted by molar-refractivity contribution is 6.10. The number of hydrogen-bond acceptors (Lipinski definition) is 3. The van der Waals surface area contributed by atoms with Gasteiger partial charge < -0.3 is 14.2 Å². The van der Waals surface area contributed by atoms with Crippen LogP contribution in [0.3, 0.4) is 0 Å². The van der Waals surface area contributed by atoms with E-state index in [0.717, 1.165) is 52.7 Å². The lowest BCUT2D eigenvalue weighted by atomic mass is 10.1. The second-order valence-electron chi connectivity index (χ2n) is 9.99. The van der Waals surface area contributed by atoms with E-state index >= 15 is 0 Å². The summed E-state index contributed by atoms with van der Waals surface area (Å²) in [7, 11) is 0. The number of hydrogen-bond donors (Lipinski definition) is 0. The summed E-state index contributed by atoms with van der Waals surface area (Å²) in [6.45, 7) is 6.28. The molecule has 1 aromatic heterocycles. The van der Waals surface area contributed by atoms with Gasteiger partial charge in [-0.2, -0.15) is 0 Å². The lowest BCUT2D eigenvalue weighted by Gasteiger charge is -2.23. The molecular weight excluding hydrogens is 491 g/mol. The lowest BCUT2D eigenvalue weighted by molar-refractivity contribution is -0.131. The van der Waals surface area contributed by atoms with Crippen LogP contribution in [0.15, 0.2) is 72.8 Å². The number of halogens is 1. The van der Waals surface area contributed by atoms with Gasteiger partial charge in [-0.1, -0.05) is 69.4 Å². The van der Waals surface area contributed by atoms with Crippen molar-refractivity contribution in [2.45, 2.75) is 65.8 Å². The minimum atomic E-state index is -0.408. The van der Waals surface area contributed by atoms with Crippen LogP contribution in [-0.2, 0) is 16.1 Å². The largest absolute Gasteiger partial charge is 0.427 e. The Hall–Kier alpha value is -3.93. The molecule has 4 rings (SSSR count). The van der Waals surface area contributed by atoms with Crippen molar-refractivity contribution in [2.75, 3.05) is 11.4 Å². The van der Waals surface area contributed by atoms with Gasteiger partial charge in [-0.3, -0.25) is 9.59 Å². The molecule has 204 valence electrons. The quantitative estimate of drug-likeness (QED) is 0.106. The Morgan fingerprint density at radius 1 is 0.872 bits per heavy atom. The standard InChI is InChI=1S/C33H37FN2O3/c1-4-5-6-7-8-12-21-35(24(2)37)33-30-22-29(39-25(3)38)19-20-31(30)36(23-26-13-10-9-11-14-26)32(33)27-15-17-28(34)18-16-27/h9-11,13-20,22H,4-8,12,21,23H2,1-3H3. The molecule has 1 heterocycles. The molecule has 0 bridgehead atoms. The van der Waals surface area contributed by atoms with E-state index < -0.39 is 5.97 Å². The van der Waals surface area contributed by atoms with Crippen molar-refractivity contribution in [3.05, 3.63) is 84.2 Å². The van der Waals surface area contributed by atoms with Crippen LogP contribution in [0.25, 0.3) is 22.2 Å². The Labute approximate surface area is 230 Å². The number of esters is 1. The van der Waals surface area contributed by atoms with Crippen LogP contribution in [-0.4, -0.2) is 23.0 Å². The fourth-order valence-corrected chi connectivity index (χ4v) is 5.13. The van der Waals surface area contributed by atoms with Crippen molar-refractivity contribution < 1.29 is 18.7 Å². The van der Waals surface area contributed by atoms with Crippen molar-refractivity contribution in [1.82, 2.24) is 4.57 Å². The van der Waals surface area contributed by atoms with E-state index in [-0.39, 0.29) is 11.7 Å². The molecule has 1 amide bonds. The summed E-state index contributed by atoms with van der Waals surface area (Å²) in [5.74, 6) is -0.377. The number of carbonyl (C=O) groups is 2. The SMILES string of the molecule is CCCCCCCCN(C(C)=O)c1c(-c2ccc(F)cc2)n(Cc2ccccc2)c2ccc(OC(C)=O)cc12. The minimum absolute atomic E-state index is 0.0661. The maximum absolute atomic E-state index is 14.0. The maximum Gasteiger partial charge on any atom is 0.308 e. The summed E-state index contributed by atoms with van der Waals surface area (Å²) >= 11 is 0. The Morgan fingerprint density at radius 2 is 1.56 bits per heavy atom. The average molecular weight is 529 g/mol. The summed E-state index contributed by atoms with van der Waals surface area (Å²) in [5.41, 5.74) is 4.39. The van der Waals surface area contributed by atoms with Crippen LogP contribution in [0.2, 0.25) is 0 Å². The second kappa shape index (κ2) is 13.2. The molecule has 39 heavy (non-hydrogen) atoms. The number of nitrogens with zero attached hydrogens (tertiary/aromatic N) is 2. The van der Waals surface area contributed by atoms with Gasteiger partial charge in [0.1, 0.15) is 11.6 Å². The average Bonchev–Trinajstić information content (AvgIpc) is 3.21. The second-order valence-corrected chi connectivity index (χ2v) is 9.99. The molecule has 4 aromatic rings. The molecule has 6 heteroatoms. The van der Waals surface area contributed by atoms with E-state index in [2.05, 4.69) is 23.6 Å². The van der Waals surface area contributed by atoms with E-state index in [4.69, 9.17) is 4.74 Å². The predicted octanol–water partition coefficient (Wildman–Crippen LogP) is 8.13. The number of unbranched alkanes of at least 4 members (excludes halogenated alkanes) is 5. The van der Waals surface area contributed by atoms with Gasteiger partial charge in [-0.25, -0.2) is 4.39 Å². The van der Waals surface area contributed by atoms with Crippen LogP contribution < -0.4 is 9.64 Å². The predicted molar refractivity (Wildman–Crippen MR) is 156 cm³/mol. The summed E-state index contributed by atoms with van der Waals surface area (Å²) < 4.78 is 21.6. The number of aromatic nitrogens is 1. The molecule has 0 saturated heterocycles. The molecular formula is C33H37FN2O3. The fourth-order valence-electron chi connectivity index (χ4n) is 5.13. The zero-order chi connectivity index (χ0) is 27.8. The first-order chi connectivity index (χ1) is 18.9. The van der Waals surface area contributed by atoms with Crippen LogP contribution in [0.4, 0.5) is 10.1 Å². The minimum Gasteiger partial charge on any atom is -0.427 e. The molecule has 0 saturated carbocycles. The molecule has 5 nitrogen and oxygen atoms in total. The Morgan fingerprint density at radius 3 is 2.23 bits per heavy atom. The van der Waals surface area contributed by atoms with E-state index in [1.807, 2.05) is 35.2 Å². The van der Waals surface area contributed by atoms with Gasteiger partial charge in [-0.05, 0) is 54.4 Å². The van der Waals surface area contributed by atoms with Gasteiger partial charge in [0.25, 0.3) is 0 Å². The van der Waals surface area contributed by atoms with Crippen molar-refractivity contribution >= 4 is 28.5 Å². The molecule has 0 aliphatic carbocycles. The third kappa shape index (κ3) is 6.94. The molecule has 0 spiro atoms. The number of ether oxygens (including phenoxy) is 1. The molecule has 0 unspecified atom stereocenters. The molecule has 0 aliphatic heterocycles. The van der Waals surface area contributed by atoms with Crippen molar-refractivity contribution in [1.29, 1.82) is 0 Å². The van der Waals surface area contributed by atoms with Crippen molar-refractivity contribution in [2.24, 2.45) is 0 Å². The maximum atomic E-state index is 14.0. The first kappa shape index (κ1) is 28.1. The lowest BCUT2D eigenvalue weighted by Crippen LogP contribution is -2.30. The molecule has 0 N–H and O–H groups in total. The zero-order valence-corrected chi connectivity index (χ0v) is 23.1.